The Hall–Kier alpha value is -1.03. The molecule has 126 valence electrons. The fourth-order valence-corrected chi connectivity index (χ4v) is 6.45. The number of thiophene rings is 1. The summed E-state index contributed by atoms with van der Waals surface area (Å²) in [5, 5.41) is 3.30. The van der Waals surface area contributed by atoms with Crippen molar-refractivity contribution in [3.8, 4) is 5.75 Å². The fraction of sp³-hybridized carbons (Fsp3) is 0.737. The third kappa shape index (κ3) is 2.69. The van der Waals surface area contributed by atoms with Crippen molar-refractivity contribution in [2.45, 2.75) is 64.3 Å². The first kappa shape index (κ1) is 15.5. The van der Waals surface area contributed by atoms with E-state index in [1.54, 1.807) is 18.4 Å². The van der Waals surface area contributed by atoms with Gasteiger partial charge >= 0.3 is 0 Å². The number of carbonyl (C=O) groups excluding carboxylic acids is 1. The van der Waals surface area contributed by atoms with Gasteiger partial charge in [-0.3, -0.25) is 4.79 Å². The molecule has 4 unspecified atom stereocenters. The van der Waals surface area contributed by atoms with E-state index in [0.29, 0.717) is 5.92 Å². The molecule has 3 aliphatic rings. The molecule has 1 heterocycles. The minimum absolute atomic E-state index is 0.0801. The van der Waals surface area contributed by atoms with Gasteiger partial charge in [0.1, 0.15) is 10.6 Å². The molecule has 0 radical (unpaired) electrons. The van der Waals surface area contributed by atoms with Crippen molar-refractivity contribution in [1.82, 2.24) is 5.32 Å². The Kier molecular flexibility index (Phi) is 4.12. The van der Waals surface area contributed by atoms with E-state index in [-0.39, 0.29) is 11.9 Å². The van der Waals surface area contributed by atoms with E-state index < -0.39 is 0 Å². The van der Waals surface area contributed by atoms with Crippen LogP contribution in [-0.2, 0) is 12.8 Å². The second-order valence-corrected chi connectivity index (χ2v) is 8.78. The lowest BCUT2D eigenvalue weighted by Crippen LogP contribution is -2.39. The van der Waals surface area contributed by atoms with Crippen molar-refractivity contribution < 1.29 is 9.53 Å². The van der Waals surface area contributed by atoms with E-state index in [0.717, 1.165) is 35.3 Å². The van der Waals surface area contributed by atoms with E-state index in [1.807, 2.05) is 0 Å². The van der Waals surface area contributed by atoms with Crippen LogP contribution in [0, 0.1) is 17.8 Å². The smallest absolute Gasteiger partial charge is 0.265 e. The van der Waals surface area contributed by atoms with Crippen molar-refractivity contribution in [1.29, 1.82) is 0 Å². The Labute approximate surface area is 142 Å². The summed E-state index contributed by atoms with van der Waals surface area (Å²) in [5.41, 5.74) is 1.29. The van der Waals surface area contributed by atoms with Gasteiger partial charge in [-0.15, -0.1) is 11.3 Å². The molecule has 1 N–H and O–H groups in total. The van der Waals surface area contributed by atoms with Crippen molar-refractivity contribution >= 4 is 17.2 Å². The highest BCUT2D eigenvalue weighted by molar-refractivity contribution is 7.14. The van der Waals surface area contributed by atoms with E-state index in [2.05, 4.69) is 12.2 Å². The molecule has 3 aliphatic carbocycles. The molecule has 1 aromatic heterocycles. The van der Waals surface area contributed by atoms with E-state index in [1.165, 1.54) is 49.0 Å². The lowest BCUT2D eigenvalue weighted by Gasteiger charge is -2.28. The summed E-state index contributed by atoms with van der Waals surface area (Å²) in [6.45, 7) is 2.20. The number of hydrogen-bond acceptors (Lipinski definition) is 3. The Bertz CT molecular complexity index is 609. The summed E-state index contributed by atoms with van der Waals surface area (Å²) in [7, 11) is 1.70. The molecule has 4 atom stereocenters. The molecule has 23 heavy (non-hydrogen) atoms. The van der Waals surface area contributed by atoms with Crippen LogP contribution in [0.1, 0.15) is 65.6 Å². The monoisotopic (exact) mass is 333 g/mol. The summed E-state index contributed by atoms with van der Waals surface area (Å²) >= 11 is 1.66. The first-order valence-corrected chi connectivity index (χ1v) is 9.98. The molecular weight excluding hydrogens is 306 g/mol. The third-order valence-electron chi connectivity index (χ3n) is 6.33. The molecule has 1 aromatic rings. The SMILES string of the molecule is COc1c(C(=O)NC(C)C2CC3CCC2C3)sc2c1CCCC2. The van der Waals surface area contributed by atoms with Crippen LogP contribution in [-0.4, -0.2) is 19.1 Å². The standard InChI is InChI=1S/C19H27NO2S/c1-11(15-10-12-7-8-13(15)9-12)20-19(21)18-17(22-2)14-5-3-4-6-16(14)23-18/h11-13,15H,3-10H2,1-2H3,(H,20,21). The summed E-state index contributed by atoms with van der Waals surface area (Å²) < 4.78 is 5.61. The van der Waals surface area contributed by atoms with Crippen LogP contribution >= 0.6 is 11.3 Å². The molecule has 0 spiro atoms. The van der Waals surface area contributed by atoms with Gasteiger partial charge in [0.15, 0.2) is 0 Å². The highest BCUT2D eigenvalue weighted by Crippen LogP contribution is 2.49. The number of ether oxygens (including phenoxy) is 1. The highest BCUT2D eigenvalue weighted by atomic mass is 32.1. The third-order valence-corrected chi connectivity index (χ3v) is 7.60. The van der Waals surface area contributed by atoms with Crippen molar-refractivity contribution in [2.24, 2.45) is 17.8 Å². The first-order valence-electron chi connectivity index (χ1n) is 9.16. The van der Waals surface area contributed by atoms with Crippen LogP contribution in [0.15, 0.2) is 0 Å². The number of aryl methyl sites for hydroxylation is 1. The van der Waals surface area contributed by atoms with Gasteiger partial charge in [0.05, 0.1) is 7.11 Å². The number of hydrogen-bond donors (Lipinski definition) is 1. The van der Waals surface area contributed by atoms with Crippen LogP contribution in [0.5, 0.6) is 5.75 Å². The zero-order valence-corrected chi connectivity index (χ0v) is 15.0. The topological polar surface area (TPSA) is 38.3 Å². The lowest BCUT2D eigenvalue weighted by molar-refractivity contribution is 0.0916. The number of amides is 1. The first-order chi connectivity index (χ1) is 11.2. The fourth-order valence-electron chi connectivity index (χ4n) is 5.19. The van der Waals surface area contributed by atoms with Gasteiger partial charge in [0, 0.05) is 16.5 Å². The van der Waals surface area contributed by atoms with Crippen LogP contribution in [0.3, 0.4) is 0 Å². The second-order valence-electron chi connectivity index (χ2n) is 7.67. The summed E-state index contributed by atoms with van der Waals surface area (Å²) in [6.07, 6.45) is 10.1. The average Bonchev–Trinajstić information content (AvgIpc) is 3.27. The molecule has 1 amide bonds. The molecule has 2 saturated carbocycles. The second kappa shape index (κ2) is 6.12. The highest BCUT2D eigenvalue weighted by Gasteiger charge is 2.42. The van der Waals surface area contributed by atoms with Gasteiger partial charge in [-0.05, 0) is 69.6 Å². The van der Waals surface area contributed by atoms with Crippen LogP contribution in [0.2, 0.25) is 0 Å². The summed E-state index contributed by atoms with van der Waals surface area (Å²) in [5.74, 6) is 3.37. The molecule has 0 aromatic carbocycles. The lowest BCUT2D eigenvalue weighted by atomic mass is 9.84. The Morgan fingerprint density at radius 2 is 2.09 bits per heavy atom. The van der Waals surface area contributed by atoms with E-state index >= 15 is 0 Å². The minimum atomic E-state index is 0.0801. The van der Waals surface area contributed by atoms with Crippen LogP contribution in [0.25, 0.3) is 0 Å². The summed E-state index contributed by atoms with van der Waals surface area (Å²) in [4.78, 5) is 15.0. The molecule has 2 bridgehead atoms. The quantitative estimate of drug-likeness (QED) is 0.897. The van der Waals surface area contributed by atoms with Crippen LogP contribution < -0.4 is 10.1 Å². The Morgan fingerprint density at radius 3 is 2.78 bits per heavy atom. The van der Waals surface area contributed by atoms with Gasteiger partial charge in [-0.25, -0.2) is 0 Å². The molecule has 2 fully saturated rings. The van der Waals surface area contributed by atoms with Gasteiger partial charge in [-0.2, -0.15) is 0 Å². The minimum Gasteiger partial charge on any atom is -0.495 e. The van der Waals surface area contributed by atoms with Crippen molar-refractivity contribution in [2.75, 3.05) is 7.11 Å². The predicted molar refractivity (Wildman–Crippen MR) is 93.4 cm³/mol. The zero-order chi connectivity index (χ0) is 16.0. The number of nitrogens with one attached hydrogen (secondary N) is 1. The van der Waals surface area contributed by atoms with Gasteiger partial charge < -0.3 is 10.1 Å². The maximum Gasteiger partial charge on any atom is 0.265 e. The Balaban J connectivity index is 1.49. The average molecular weight is 333 g/mol. The van der Waals surface area contributed by atoms with Gasteiger partial charge in [0.25, 0.3) is 5.91 Å². The maximum atomic E-state index is 12.8. The Morgan fingerprint density at radius 1 is 1.26 bits per heavy atom. The number of methoxy groups -OCH3 is 1. The van der Waals surface area contributed by atoms with Gasteiger partial charge in [-0.1, -0.05) is 6.42 Å². The molecular formula is C19H27NO2S. The maximum absolute atomic E-state index is 12.8. The van der Waals surface area contributed by atoms with E-state index in [4.69, 9.17) is 4.74 Å². The van der Waals surface area contributed by atoms with E-state index in [9.17, 15) is 4.79 Å². The zero-order valence-electron chi connectivity index (χ0n) is 14.2. The largest absolute Gasteiger partial charge is 0.495 e. The molecule has 3 nitrogen and oxygen atoms in total. The normalized spacial score (nSPS) is 30.1. The van der Waals surface area contributed by atoms with Crippen molar-refractivity contribution in [3.63, 3.8) is 0 Å². The summed E-state index contributed by atoms with van der Waals surface area (Å²) in [6, 6.07) is 0.279. The predicted octanol–water partition coefficient (Wildman–Crippen LogP) is 4.19. The number of carbonyl (C=O) groups is 1. The number of fused-ring (bicyclic) bond motifs is 3. The van der Waals surface area contributed by atoms with Crippen LogP contribution in [0.4, 0.5) is 0 Å². The molecule has 4 heteroatoms. The molecule has 0 aliphatic heterocycles. The van der Waals surface area contributed by atoms with Crippen molar-refractivity contribution in [3.05, 3.63) is 15.3 Å². The molecule has 4 rings (SSSR count). The number of rotatable bonds is 4. The van der Waals surface area contributed by atoms with Gasteiger partial charge in [0.2, 0.25) is 0 Å². The molecule has 0 saturated heterocycles.